The van der Waals surface area contributed by atoms with Gasteiger partial charge in [0.2, 0.25) is 0 Å². The monoisotopic (exact) mass is 294 g/mol. The van der Waals surface area contributed by atoms with Crippen molar-refractivity contribution in [3.63, 3.8) is 0 Å². The molecule has 1 unspecified atom stereocenters. The standard InChI is InChI=1S/C16H17F3N2/c1-11-6-7-14(21-10-11)9-15(20-2)12-4-3-5-13(8-12)16(17,18)19/h3-8,10,15,20H,9H2,1-2H3. The third-order valence-electron chi connectivity index (χ3n) is 3.35. The summed E-state index contributed by atoms with van der Waals surface area (Å²) >= 11 is 0. The van der Waals surface area contributed by atoms with Gasteiger partial charge >= 0.3 is 6.18 Å². The summed E-state index contributed by atoms with van der Waals surface area (Å²) in [5.41, 5.74) is 1.88. The second-order valence-corrected chi connectivity index (χ2v) is 5.00. The van der Waals surface area contributed by atoms with Gasteiger partial charge in [-0.1, -0.05) is 18.2 Å². The molecular formula is C16H17F3N2. The van der Waals surface area contributed by atoms with Crippen molar-refractivity contribution in [3.05, 3.63) is 65.0 Å². The van der Waals surface area contributed by atoms with Gasteiger partial charge in [-0.15, -0.1) is 0 Å². The normalized spacial score (nSPS) is 13.2. The van der Waals surface area contributed by atoms with Crippen LogP contribution in [0.2, 0.25) is 0 Å². The number of aryl methyl sites for hydroxylation is 1. The van der Waals surface area contributed by atoms with Gasteiger partial charge in [0.15, 0.2) is 0 Å². The summed E-state index contributed by atoms with van der Waals surface area (Å²) in [6, 6.07) is 9.04. The van der Waals surface area contributed by atoms with Crippen molar-refractivity contribution in [1.29, 1.82) is 0 Å². The summed E-state index contributed by atoms with van der Waals surface area (Å²) in [6.45, 7) is 1.94. The number of nitrogens with zero attached hydrogens (tertiary/aromatic N) is 1. The Balaban J connectivity index is 2.23. The molecule has 0 bridgehead atoms. The van der Waals surface area contributed by atoms with Crippen molar-refractivity contribution < 1.29 is 13.2 Å². The van der Waals surface area contributed by atoms with E-state index in [2.05, 4.69) is 10.3 Å². The predicted molar refractivity (Wildman–Crippen MR) is 75.9 cm³/mol. The summed E-state index contributed by atoms with van der Waals surface area (Å²) in [4.78, 5) is 4.30. The third-order valence-corrected chi connectivity index (χ3v) is 3.35. The van der Waals surface area contributed by atoms with Crippen LogP contribution in [0.4, 0.5) is 13.2 Å². The molecular weight excluding hydrogens is 277 g/mol. The highest BCUT2D eigenvalue weighted by atomic mass is 19.4. The Bertz CT molecular complexity index is 591. The van der Waals surface area contributed by atoms with Gasteiger partial charge in [0.1, 0.15) is 0 Å². The zero-order chi connectivity index (χ0) is 15.5. The molecule has 0 saturated carbocycles. The topological polar surface area (TPSA) is 24.9 Å². The van der Waals surface area contributed by atoms with Gasteiger partial charge in [-0.05, 0) is 43.3 Å². The lowest BCUT2D eigenvalue weighted by atomic mass is 9.99. The van der Waals surface area contributed by atoms with Gasteiger partial charge in [-0.25, -0.2) is 0 Å². The van der Waals surface area contributed by atoms with Gasteiger partial charge in [0, 0.05) is 24.4 Å². The quantitative estimate of drug-likeness (QED) is 0.924. The van der Waals surface area contributed by atoms with Gasteiger partial charge < -0.3 is 5.32 Å². The molecule has 2 rings (SSSR count). The molecule has 112 valence electrons. The zero-order valence-electron chi connectivity index (χ0n) is 11.9. The maximum Gasteiger partial charge on any atom is 0.416 e. The average Bonchev–Trinajstić information content (AvgIpc) is 2.46. The van der Waals surface area contributed by atoms with Gasteiger partial charge in [0.05, 0.1) is 5.56 Å². The van der Waals surface area contributed by atoms with Crippen molar-refractivity contribution in [1.82, 2.24) is 10.3 Å². The zero-order valence-corrected chi connectivity index (χ0v) is 11.9. The molecule has 0 radical (unpaired) electrons. The molecule has 5 heteroatoms. The van der Waals surface area contributed by atoms with E-state index in [1.807, 2.05) is 19.1 Å². The third kappa shape index (κ3) is 4.04. The minimum atomic E-state index is -4.32. The fourth-order valence-electron chi connectivity index (χ4n) is 2.15. The highest BCUT2D eigenvalue weighted by Gasteiger charge is 2.30. The molecule has 0 aliphatic heterocycles. The Labute approximate surface area is 122 Å². The number of benzene rings is 1. The van der Waals surface area contributed by atoms with Crippen LogP contribution in [0.1, 0.15) is 28.4 Å². The largest absolute Gasteiger partial charge is 0.416 e. The summed E-state index contributed by atoms with van der Waals surface area (Å²) in [7, 11) is 1.74. The van der Waals surface area contributed by atoms with Gasteiger partial charge in [-0.2, -0.15) is 13.2 Å². The molecule has 0 amide bonds. The van der Waals surface area contributed by atoms with Gasteiger partial charge in [-0.3, -0.25) is 4.98 Å². The lowest BCUT2D eigenvalue weighted by Gasteiger charge is -2.18. The van der Waals surface area contributed by atoms with Crippen LogP contribution in [0.3, 0.4) is 0 Å². The smallest absolute Gasteiger partial charge is 0.313 e. The van der Waals surface area contributed by atoms with Crippen LogP contribution in [0.15, 0.2) is 42.6 Å². The maximum absolute atomic E-state index is 12.8. The van der Waals surface area contributed by atoms with Crippen molar-refractivity contribution in [3.8, 4) is 0 Å². The number of aromatic nitrogens is 1. The van der Waals surface area contributed by atoms with Crippen molar-refractivity contribution in [2.45, 2.75) is 25.6 Å². The van der Waals surface area contributed by atoms with Crippen LogP contribution >= 0.6 is 0 Å². The molecule has 1 aromatic carbocycles. The van der Waals surface area contributed by atoms with E-state index in [4.69, 9.17) is 0 Å². The summed E-state index contributed by atoms with van der Waals surface area (Å²) in [6.07, 6.45) is -2.03. The molecule has 2 aromatic rings. The summed E-state index contributed by atoms with van der Waals surface area (Å²) < 4.78 is 38.3. The van der Waals surface area contributed by atoms with Crippen LogP contribution in [0.25, 0.3) is 0 Å². The highest BCUT2D eigenvalue weighted by molar-refractivity contribution is 5.29. The number of pyridine rings is 1. The van der Waals surface area contributed by atoms with E-state index >= 15 is 0 Å². The van der Waals surface area contributed by atoms with Crippen LogP contribution in [-0.2, 0) is 12.6 Å². The molecule has 0 spiro atoms. The van der Waals surface area contributed by atoms with Crippen molar-refractivity contribution in [2.24, 2.45) is 0 Å². The molecule has 2 nitrogen and oxygen atoms in total. The Kier molecular flexibility index (Phi) is 4.63. The SMILES string of the molecule is CNC(Cc1ccc(C)cn1)c1cccc(C(F)(F)F)c1. The Hall–Kier alpha value is -1.88. The number of nitrogens with one attached hydrogen (secondary N) is 1. The predicted octanol–water partition coefficient (Wildman–Crippen LogP) is 3.91. The number of alkyl halides is 3. The number of hydrogen-bond acceptors (Lipinski definition) is 2. The first-order chi connectivity index (χ1) is 9.90. The van der Waals surface area contributed by atoms with Crippen LogP contribution in [0, 0.1) is 6.92 Å². The van der Waals surface area contributed by atoms with Crippen molar-refractivity contribution >= 4 is 0 Å². The molecule has 1 atom stereocenters. The molecule has 1 heterocycles. The second kappa shape index (κ2) is 6.26. The van der Waals surface area contributed by atoms with Crippen LogP contribution in [-0.4, -0.2) is 12.0 Å². The molecule has 0 aliphatic rings. The number of hydrogen-bond donors (Lipinski definition) is 1. The number of rotatable bonds is 4. The minimum absolute atomic E-state index is 0.206. The summed E-state index contributed by atoms with van der Waals surface area (Å²) in [5.74, 6) is 0. The van der Waals surface area contributed by atoms with E-state index in [9.17, 15) is 13.2 Å². The van der Waals surface area contributed by atoms with E-state index < -0.39 is 11.7 Å². The van der Waals surface area contributed by atoms with Crippen molar-refractivity contribution in [2.75, 3.05) is 7.05 Å². The second-order valence-electron chi connectivity index (χ2n) is 5.00. The van der Waals surface area contributed by atoms with E-state index in [1.54, 1.807) is 19.3 Å². The number of likely N-dealkylation sites (N-methyl/N-ethyl adjacent to an activating group) is 1. The molecule has 0 aliphatic carbocycles. The van der Waals surface area contributed by atoms with E-state index in [1.165, 1.54) is 12.1 Å². The van der Waals surface area contributed by atoms with Gasteiger partial charge in [0.25, 0.3) is 0 Å². The highest BCUT2D eigenvalue weighted by Crippen LogP contribution is 2.31. The Morgan fingerprint density at radius 3 is 2.52 bits per heavy atom. The average molecular weight is 294 g/mol. The van der Waals surface area contributed by atoms with E-state index in [0.717, 1.165) is 17.3 Å². The molecule has 0 saturated heterocycles. The fourth-order valence-corrected chi connectivity index (χ4v) is 2.15. The lowest BCUT2D eigenvalue weighted by molar-refractivity contribution is -0.137. The first-order valence-corrected chi connectivity index (χ1v) is 6.66. The first kappa shape index (κ1) is 15.5. The van der Waals surface area contributed by atoms with E-state index in [0.29, 0.717) is 12.0 Å². The van der Waals surface area contributed by atoms with Crippen LogP contribution in [0.5, 0.6) is 0 Å². The molecule has 21 heavy (non-hydrogen) atoms. The van der Waals surface area contributed by atoms with E-state index in [-0.39, 0.29) is 6.04 Å². The lowest BCUT2D eigenvalue weighted by Crippen LogP contribution is -2.20. The minimum Gasteiger partial charge on any atom is -0.313 e. The first-order valence-electron chi connectivity index (χ1n) is 6.66. The summed E-state index contributed by atoms with van der Waals surface area (Å²) in [5, 5.41) is 3.05. The Morgan fingerprint density at radius 1 is 1.19 bits per heavy atom. The van der Waals surface area contributed by atoms with Crippen LogP contribution < -0.4 is 5.32 Å². The Morgan fingerprint density at radius 2 is 1.95 bits per heavy atom. The number of halogens is 3. The molecule has 1 N–H and O–H groups in total. The molecule has 0 fully saturated rings. The fraction of sp³-hybridized carbons (Fsp3) is 0.312. The maximum atomic E-state index is 12.8. The molecule has 1 aromatic heterocycles.